The second-order valence-corrected chi connectivity index (χ2v) is 7.28. The smallest absolute Gasteiger partial charge is 0.411 e. The summed E-state index contributed by atoms with van der Waals surface area (Å²) in [7, 11) is 0. The van der Waals surface area contributed by atoms with Crippen LogP contribution >= 0.6 is 11.8 Å². The highest BCUT2D eigenvalue weighted by molar-refractivity contribution is 7.99. The molecule has 1 aromatic carbocycles. The van der Waals surface area contributed by atoms with E-state index < -0.39 is 17.9 Å². The van der Waals surface area contributed by atoms with Gasteiger partial charge in [0.25, 0.3) is 0 Å². The highest BCUT2D eigenvalue weighted by Crippen LogP contribution is 2.16. The lowest BCUT2D eigenvalue weighted by molar-refractivity contribution is -0.142. The Bertz CT molecular complexity index is 630. The van der Waals surface area contributed by atoms with Crippen molar-refractivity contribution in [1.29, 1.82) is 0 Å². The van der Waals surface area contributed by atoms with E-state index in [0.717, 1.165) is 11.5 Å². The summed E-state index contributed by atoms with van der Waals surface area (Å²) in [6, 6.07) is 6.58. The maximum atomic E-state index is 12.1. The number of anilines is 2. The van der Waals surface area contributed by atoms with E-state index >= 15 is 0 Å². The summed E-state index contributed by atoms with van der Waals surface area (Å²) in [6.07, 6.45) is -0.556. The van der Waals surface area contributed by atoms with Crippen LogP contribution in [0.3, 0.4) is 0 Å². The number of ether oxygens (including phenoxy) is 1. The van der Waals surface area contributed by atoms with Crippen LogP contribution in [-0.4, -0.2) is 54.0 Å². The Labute approximate surface area is 151 Å². The van der Waals surface area contributed by atoms with E-state index in [0.29, 0.717) is 31.1 Å². The highest BCUT2D eigenvalue weighted by atomic mass is 32.2. The van der Waals surface area contributed by atoms with Crippen LogP contribution in [0.1, 0.15) is 13.8 Å². The molecule has 3 amide bonds. The lowest BCUT2D eigenvalue weighted by atomic mass is 10.2. The minimum atomic E-state index is -0.675. The van der Waals surface area contributed by atoms with Crippen molar-refractivity contribution in [2.45, 2.75) is 13.8 Å². The molecule has 1 aliphatic rings. The summed E-state index contributed by atoms with van der Waals surface area (Å²) in [5.74, 6) is 0.727. The van der Waals surface area contributed by atoms with E-state index in [4.69, 9.17) is 4.74 Å². The van der Waals surface area contributed by atoms with Crippen molar-refractivity contribution in [2.75, 3.05) is 41.8 Å². The Morgan fingerprint density at radius 2 is 1.80 bits per heavy atom. The number of hydrogen-bond acceptors (Lipinski definition) is 5. The molecule has 2 rings (SSSR count). The first-order valence-electron chi connectivity index (χ1n) is 8.17. The van der Waals surface area contributed by atoms with Crippen LogP contribution in [0, 0.1) is 5.92 Å². The normalized spacial score (nSPS) is 14.1. The average molecular weight is 365 g/mol. The van der Waals surface area contributed by atoms with Crippen molar-refractivity contribution in [1.82, 2.24) is 4.90 Å². The third-order valence-corrected chi connectivity index (χ3v) is 4.35. The van der Waals surface area contributed by atoms with E-state index in [1.807, 2.05) is 13.8 Å². The Balaban J connectivity index is 1.90. The molecule has 0 aromatic heterocycles. The molecular weight excluding hydrogens is 342 g/mol. The molecule has 1 fully saturated rings. The van der Waals surface area contributed by atoms with Crippen LogP contribution in [0.15, 0.2) is 24.3 Å². The van der Waals surface area contributed by atoms with Crippen molar-refractivity contribution in [3.05, 3.63) is 24.3 Å². The summed E-state index contributed by atoms with van der Waals surface area (Å²) in [5.41, 5.74) is 0.916. The summed E-state index contributed by atoms with van der Waals surface area (Å²) >= 11 is 1.77. The lowest BCUT2D eigenvalue weighted by Crippen LogP contribution is -2.44. The van der Waals surface area contributed by atoms with Crippen LogP contribution in [0.4, 0.5) is 16.2 Å². The SMILES string of the molecule is CC(C)COC(=O)Nc1cccc(NC(=O)C(=O)N2CCSCC2)c1. The Hall–Kier alpha value is -2.22. The third kappa shape index (κ3) is 6.30. The van der Waals surface area contributed by atoms with Crippen LogP contribution in [0.25, 0.3) is 0 Å². The highest BCUT2D eigenvalue weighted by Gasteiger charge is 2.23. The summed E-state index contributed by atoms with van der Waals surface area (Å²) < 4.78 is 5.05. The number of nitrogens with zero attached hydrogens (tertiary/aromatic N) is 1. The van der Waals surface area contributed by atoms with Crippen molar-refractivity contribution in [2.24, 2.45) is 5.92 Å². The molecule has 25 heavy (non-hydrogen) atoms. The lowest BCUT2D eigenvalue weighted by Gasteiger charge is -2.25. The van der Waals surface area contributed by atoms with Gasteiger partial charge >= 0.3 is 17.9 Å². The fourth-order valence-electron chi connectivity index (χ4n) is 2.17. The predicted octanol–water partition coefficient (Wildman–Crippen LogP) is 2.41. The molecule has 0 radical (unpaired) electrons. The zero-order valence-electron chi connectivity index (χ0n) is 14.4. The monoisotopic (exact) mass is 365 g/mol. The van der Waals surface area contributed by atoms with Gasteiger partial charge in [-0.2, -0.15) is 11.8 Å². The molecule has 0 atom stereocenters. The Kier molecular flexibility index (Phi) is 7.12. The largest absolute Gasteiger partial charge is 0.449 e. The van der Waals surface area contributed by atoms with E-state index in [9.17, 15) is 14.4 Å². The summed E-state index contributed by atoms with van der Waals surface area (Å²) in [6.45, 7) is 5.38. The number of amides is 3. The van der Waals surface area contributed by atoms with Crippen LogP contribution in [0.2, 0.25) is 0 Å². The van der Waals surface area contributed by atoms with Gasteiger partial charge in [-0.3, -0.25) is 14.9 Å². The van der Waals surface area contributed by atoms with Gasteiger partial charge in [-0.05, 0) is 24.1 Å². The molecule has 7 nitrogen and oxygen atoms in total. The number of carbonyl (C=O) groups is 3. The first-order valence-corrected chi connectivity index (χ1v) is 9.33. The fraction of sp³-hybridized carbons (Fsp3) is 0.471. The van der Waals surface area contributed by atoms with Gasteiger partial charge in [-0.1, -0.05) is 19.9 Å². The molecule has 1 aromatic rings. The zero-order valence-corrected chi connectivity index (χ0v) is 15.2. The first kappa shape index (κ1) is 19.1. The van der Waals surface area contributed by atoms with Crippen molar-refractivity contribution in [3.63, 3.8) is 0 Å². The van der Waals surface area contributed by atoms with Crippen LogP contribution < -0.4 is 10.6 Å². The fourth-order valence-corrected chi connectivity index (χ4v) is 3.07. The average Bonchev–Trinajstić information content (AvgIpc) is 2.60. The molecule has 0 unspecified atom stereocenters. The molecule has 0 spiro atoms. The quantitative estimate of drug-likeness (QED) is 0.800. The molecule has 1 heterocycles. The molecule has 8 heteroatoms. The second kappa shape index (κ2) is 9.31. The molecular formula is C17H23N3O4S. The topological polar surface area (TPSA) is 87.7 Å². The molecule has 0 saturated carbocycles. The number of thioether (sulfide) groups is 1. The van der Waals surface area contributed by atoms with Crippen LogP contribution in [-0.2, 0) is 14.3 Å². The van der Waals surface area contributed by atoms with Crippen molar-refractivity contribution in [3.8, 4) is 0 Å². The maximum Gasteiger partial charge on any atom is 0.411 e. The van der Waals surface area contributed by atoms with Gasteiger partial charge in [0, 0.05) is 36.0 Å². The Morgan fingerprint density at radius 3 is 2.44 bits per heavy atom. The minimum Gasteiger partial charge on any atom is -0.449 e. The number of nitrogens with one attached hydrogen (secondary N) is 2. The number of carbonyl (C=O) groups excluding carboxylic acids is 3. The van der Waals surface area contributed by atoms with E-state index in [-0.39, 0.29) is 5.92 Å². The predicted molar refractivity (Wildman–Crippen MR) is 98.8 cm³/mol. The van der Waals surface area contributed by atoms with Gasteiger partial charge in [0.1, 0.15) is 0 Å². The standard InChI is InChI=1S/C17H23N3O4S/c1-12(2)11-24-17(23)19-14-5-3-4-13(10-14)18-15(21)16(22)20-6-8-25-9-7-20/h3-5,10,12H,6-9,11H2,1-2H3,(H,18,21)(H,19,23). The van der Waals surface area contributed by atoms with Crippen molar-refractivity contribution < 1.29 is 19.1 Å². The molecule has 0 aliphatic carbocycles. The van der Waals surface area contributed by atoms with Crippen LogP contribution in [0.5, 0.6) is 0 Å². The third-order valence-electron chi connectivity index (χ3n) is 3.41. The van der Waals surface area contributed by atoms with Gasteiger partial charge in [0.15, 0.2) is 0 Å². The first-order chi connectivity index (χ1) is 12.0. The molecule has 0 bridgehead atoms. The zero-order chi connectivity index (χ0) is 18.2. The van der Waals surface area contributed by atoms with Gasteiger partial charge in [-0.15, -0.1) is 0 Å². The van der Waals surface area contributed by atoms with Crippen molar-refractivity contribution >= 4 is 41.0 Å². The Morgan fingerprint density at radius 1 is 1.16 bits per heavy atom. The minimum absolute atomic E-state index is 0.246. The number of hydrogen-bond donors (Lipinski definition) is 2. The second-order valence-electron chi connectivity index (χ2n) is 6.06. The molecule has 1 saturated heterocycles. The van der Waals surface area contributed by atoms with Gasteiger partial charge < -0.3 is 15.0 Å². The van der Waals surface area contributed by atoms with Gasteiger partial charge in [-0.25, -0.2) is 4.79 Å². The molecule has 136 valence electrons. The summed E-state index contributed by atoms with van der Waals surface area (Å²) in [5, 5.41) is 5.17. The molecule has 1 aliphatic heterocycles. The van der Waals surface area contributed by atoms with E-state index in [1.54, 1.807) is 40.9 Å². The number of benzene rings is 1. The van der Waals surface area contributed by atoms with Gasteiger partial charge in [0.05, 0.1) is 6.61 Å². The van der Waals surface area contributed by atoms with Gasteiger partial charge in [0.2, 0.25) is 0 Å². The molecule has 2 N–H and O–H groups in total. The summed E-state index contributed by atoms with van der Waals surface area (Å²) in [4.78, 5) is 37.5. The number of rotatable bonds is 4. The van der Waals surface area contributed by atoms with E-state index in [1.165, 1.54) is 0 Å². The maximum absolute atomic E-state index is 12.1. The van der Waals surface area contributed by atoms with E-state index in [2.05, 4.69) is 10.6 Å².